The molecular formula is C24H32N4O6S. The summed E-state index contributed by atoms with van der Waals surface area (Å²) in [5, 5.41) is 15.2. The van der Waals surface area contributed by atoms with Crippen molar-refractivity contribution in [1.29, 1.82) is 0 Å². The number of aliphatic hydroxyl groups is 1. The van der Waals surface area contributed by atoms with E-state index >= 15 is 0 Å². The summed E-state index contributed by atoms with van der Waals surface area (Å²) in [5.41, 5.74) is 1.06. The Morgan fingerprint density at radius 1 is 1.20 bits per heavy atom. The van der Waals surface area contributed by atoms with Crippen LogP contribution in [0.5, 0.6) is 5.75 Å². The SMILES string of the molecule is C[C@@H]1CN([C@@H](C)CO)C(=O)c2cccc(NC(=O)Nc3ccccc3)c2O[C@@H]1CN(C)S(C)(=O)=O. The third-order valence-corrected chi connectivity index (χ3v) is 7.26. The lowest BCUT2D eigenvalue weighted by Gasteiger charge is -2.38. The van der Waals surface area contributed by atoms with Crippen molar-refractivity contribution in [3.63, 3.8) is 0 Å². The second kappa shape index (κ2) is 11.1. The predicted octanol–water partition coefficient (Wildman–Crippen LogP) is 2.44. The van der Waals surface area contributed by atoms with Gasteiger partial charge < -0.3 is 25.4 Å². The highest BCUT2D eigenvalue weighted by atomic mass is 32.2. The number of fused-ring (bicyclic) bond motifs is 1. The van der Waals surface area contributed by atoms with Gasteiger partial charge >= 0.3 is 6.03 Å². The summed E-state index contributed by atoms with van der Waals surface area (Å²) >= 11 is 0. The summed E-state index contributed by atoms with van der Waals surface area (Å²) < 4.78 is 31.6. The van der Waals surface area contributed by atoms with E-state index in [2.05, 4.69) is 10.6 Å². The van der Waals surface area contributed by atoms with Gasteiger partial charge in [-0.15, -0.1) is 0 Å². The van der Waals surface area contributed by atoms with E-state index in [1.165, 1.54) is 11.4 Å². The minimum atomic E-state index is -3.48. The van der Waals surface area contributed by atoms with E-state index in [1.807, 2.05) is 13.0 Å². The van der Waals surface area contributed by atoms with E-state index in [0.717, 1.165) is 6.26 Å². The lowest BCUT2D eigenvalue weighted by Crippen LogP contribution is -2.50. The molecule has 1 aliphatic heterocycles. The first-order chi connectivity index (χ1) is 16.5. The molecule has 0 aliphatic carbocycles. The van der Waals surface area contributed by atoms with Crippen LogP contribution in [0.2, 0.25) is 0 Å². The van der Waals surface area contributed by atoms with Crippen LogP contribution in [0.15, 0.2) is 48.5 Å². The van der Waals surface area contributed by atoms with Crippen molar-refractivity contribution in [2.45, 2.75) is 26.0 Å². The van der Waals surface area contributed by atoms with E-state index in [-0.39, 0.29) is 48.5 Å². The fourth-order valence-corrected chi connectivity index (χ4v) is 4.17. The molecule has 3 amide bonds. The van der Waals surface area contributed by atoms with Crippen molar-refractivity contribution in [2.75, 3.05) is 43.6 Å². The van der Waals surface area contributed by atoms with Gasteiger partial charge in [0, 0.05) is 25.2 Å². The number of ether oxygens (including phenoxy) is 1. The molecule has 3 atom stereocenters. The van der Waals surface area contributed by atoms with Crippen LogP contribution in [0.4, 0.5) is 16.2 Å². The Morgan fingerprint density at radius 3 is 2.51 bits per heavy atom. The highest BCUT2D eigenvalue weighted by Crippen LogP contribution is 2.35. The summed E-state index contributed by atoms with van der Waals surface area (Å²) in [6.45, 7) is 3.65. The standard InChI is InChI=1S/C24H32N4O6S/c1-16-13-28(17(2)15-29)23(30)19-11-8-12-20(26-24(31)25-18-9-6-5-7-10-18)22(19)34-21(16)14-27(3)35(4,32)33/h5-12,16-17,21,29H,13-15H2,1-4H3,(H2,25,26,31)/t16-,17+,21-/m1/s1. The van der Waals surface area contributed by atoms with Crippen molar-refractivity contribution in [1.82, 2.24) is 9.21 Å². The maximum atomic E-state index is 13.5. The van der Waals surface area contributed by atoms with E-state index in [4.69, 9.17) is 4.74 Å². The van der Waals surface area contributed by atoms with Gasteiger partial charge in [-0.1, -0.05) is 31.2 Å². The first kappa shape index (κ1) is 26.5. The van der Waals surface area contributed by atoms with Gasteiger partial charge in [-0.2, -0.15) is 0 Å². The zero-order valence-electron chi connectivity index (χ0n) is 20.3. The lowest BCUT2D eigenvalue weighted by molar-refractivity contribution is 0.0389. The van der Waals surface area contributed by atoms with Gasteiger partial charge in [-0.25, -0.2) is 17.5 Å². The van der Waals surface area contributed by atoms with Gasteiger partial charge in [-0.05, 0) is 31.2 Å². The largest absolute Gasteiger partial charge is 0.486 e. The maximum Gasteiger partial charge on any atom is 0.323 e. The Kier molecular flexibility index (Phi) is 8.36. The minimum Gasteiger partial charge on any atom is -0.486 e. The van der Waals surface area contributed by atoms with Crippen molar-refractivity contribution >= 4 is 33.3 Å². The Labute approximate surface area is 205 Å². The topological polar surface area (TPSA) is 128 Å². The van der Waals surface area contributed by atoms with E-state index < -0.39 is 28.2 Å². The van der Waals surface area contributed by atoms with Gasteiger partial charge in [-0.3, -0.25) is 4.79 Å². The number of carbonyl (C=O) groups is 2. The molecule has 2 aromatic rings. The van der Waals surface area contributed by atoms with Crippen LogP contribution >= 0.6 is 0 Å². The van der Waals surface area contributed by atoms with Gasteiger partial charge in [0.2, 0.25) is 10.0 Å². The third-order valence-electron chi connectivity index (χ3n) is 5.97. The Balaban J connectivity index is 2.00. The zero-order chi connectivity index (χ0) is 25.8. The molecule has 0 radical (unpaired) electrons. The fourth-order valence-electron chi connectivity index (χ4n) is 3.75. The molecule has 0 unspecified atom stereocenters. The molecule has 0 bridgehead atoms. The Hall–Kier alpha value is -3.15. The van der Waals surface area contributed by atoms with Crippen LogP contribution in [0.3, 0.4) is 0 Å². The highest BCUT2D eigenvalue weighted by Gasteiger charge is 2.35. The number of benzene rings is 2. The Bertz CT molecular complexity index is 1160. The molecule has 1 heterocycles. The van der Waals surface area contributed by atoms with Gasteiger partial charge in [0.1, 0.15) is 6.10 Å². The molecule has 11 heteroatoms. The molecule has 190 valence electrons. The molecule has 0 spiro atoms. The smallest absolute Gasteiger partial charge is 0.323 e. The van der Waals surface area contributed by atoms with Crippen molar-refractivity contribution in [3.8, 4) is 5.75 Å². The number of sulfonamides is 1. The maximum absolute atomic E-state index is 13.5. The van der Waals surface area contributed by atoms with Crippen molar-refractivity contribution in [3.05, 3.63) is 54.1 Å². The van der Waals surface area contributed by atoms with E-state index in [0.29, 0.717) is 5.69 Å². The minimum absolute atomic E-state index is 0.0412. The molecular weight excluding hydrogens is 472 g/mol. The lowest BCUT2D eigenvalue weighted by atomic mass is 9.99. The number of hydrogen-bond donors (Lipinski definition) is 3. The summed E-state index contributed by atoms with van der Waals surface area (Å²) in [6.07, 6.45) is 0.481. The number of carbonyl (C=O) groups excluding carboxylic acids is 2. The van der Waals surface area contributed by atoms with Crippen LogP contribution in [0.1, 0.15) is 24.2 Å². The fraction of sp³-hybridized carbons (Fsp3) is 0.417. The number of anilines is 2. The summed E-state index contributed by atoms with van der Waals surface area (Å²) in [7, 11) is -2.02. The number of amides is 3. The number of aliphatic hydroxyl groups excluding tert-OH is 1. The zero-order valence-corrected chi connectivity index (χ0v) is 21.1. The molecule has 0 saturated carbocycles. The number of likely N-dealkylation sites (N-methyl/N-ethyl adjacent to an activating group) is 1. The van der Waals surface area contributed by atoms with Gasteiger partial charge in [0.15, 0.2) is 5.75 Å². The third kappa shape index (κ3) is 6.50. The number of nitrogens with zero attached hydrogens (tertiary/aromatic N) is 2. The van der Waals surface area contributed by atoms with Crippen molar-refractivity contribution < 1.29 is 27.9 Å². The van der Waals surface area contributed by atoms with Gasteiger partial charge in [0.05, 0.1) is 36.7 Å². The predicted molar refractivity (Wildman–Crippen MR) is 134 cm³/mol. The van der Waals surface area contributed by atoms with Crippen LogP contribution in [-0.2, 0) is 10.0 Å². The summed E-state index contributed by atoms with van der Waals surface area (Å²) in [4.78, 5) is 27.7. The average molecular weight is 505 g/mol. The second-order valence-corrected chi connectivity index (χ2v) is 10.9. The molecule has 10 nitrogen and oxygen atoms in total. The number of hydrogen-bond acceptors (Lipinski definition) is 6. The number of urea groups is 1. The van der Waals surface area contributed by atoms with Gasteiger partial charge in [0.25, 0.3) is 5.91 Å². The average Bonchev–Trinajstić information content (AvgIpc) is 2.81. The summed E-state index contributed by atoms with van der Waals surface area (Å²) in [6, 6.07) is 12.7. The highest BCUT2D eigenvalue weighted by molar-refractivity contribution is 7.88. The molecule has 35 heavy (non-hydrogen) atoms. The summed E-state index contributed by atoms with van der Waals surface area (Å²) in [5.74, 6) is -0.485. The molecule has 3 rings (SSSR count). The first-order valence-corrected chi connectivity index (χ1v) is 13.1. The van der Waals surface area contributed by atoms with Crippen LogP contribution < -0.4 is 15.4 Å². The van der Waals surface area contributed by atoms with Crippen LogP contribution in [0, 0.1) is 5.92 Å². The molecule has 0 fully saturated rings. The van der Waals surface area contributed by atoms with E-state index in [9.17, 15) is 23.1 Å². The first-order valence-electron chi connectivity index (χ1n) is 11.3. The number of nitrogens with one attached hydrogen (secondary N) is 2. The molecule has 0 aromatic heterocycles. The van der Waals surface area contributed by atoms with E-state index in [1.54, 1.807) is 54.3 Å². The Morgan fingerprint density at radius 2 is 1.89 bits per heavy atom. The monoisotopic (exact) mass is 504 g/mol. The van der Waals surface area contributed by atoms with Crippen LogP contribution in [-0.4, -0.2) is 79.8 Å². The second-order valence-electron chi connectivity index (χ2n) is 8.79. The molecule has 1 aliphatic rings. The van der Waals surface area contributed by atoms with Crippen LogP contribution in [0.25, 0.3) is 0 Å². The van der Waals surface area contributed by atoms with Crippen molar-refractivity contribution in [2.24, 2.45) is 5.92 Å². The molecule has 3 N–H and O–H groups in total. The quantitative estimate of drug-likeness (QED) is 0.531. The molecule has 2 aromatic carbocycles. The number of rotatable bonds is 7. The molecule has 0 saturated heterocycles. The normalized spacial score (nSPS) is 19.3. The number of para-hydroxylation sites is 2.